The number of hydrogen-bond donors (Lipinski definition) is 1. The van der Waals surface area contributed by atoms with Gasteiger partial charge >= 0.3 is 0 Å². The standard InChI is InChI=1S/C17H25NO2/c1-6-9-16(19)14-10-7-8-11-15(14)17(20)18(12(2)3)13(4)5/h6-8,10-13,16,19H,1,9H2,2-5H3. The van der Waals surface area contributed by atoms with E-state index < -0.39 is 6.10 Å². The molecule has 110 valence electrons. The van der Waals surface area contributed by atoms with Crippen LogP contribution in [0.2, 0.25) is 0 Å². The summed E-state index contributed by atoms with van der Waals surface area (Å²) in [5.41, 5.74) is 1.24. The number of nitrogens with zero attached hydrogens (tertiary/aromatic N) is 1. The first kappa shape index (κ1) is 16.4. The zero-order valence-corrected chi connectivity index (χ0v) is 12.8. The molecule has 0 aromatic heterocycles. The maximum Gasteiger partial charge on any atom is 0.254 e. The van der Waals surface area contributed by atoms with Gasteiger partial charge in [-0.1, -0.05) is 24.3 Å². The molecular formula is C17H25NO2. The van der Waals surface area contributed by atoms with Gasteiger partial charge in [0.2, 0.25) is 0 Å². The minimum absolute atomic E-state index is 0.0336. The summed E-state index contributed by atoms with van der Waals surface area (Å²) in [6.45, 7) is 11.6. The van der Waals surface area contributed by atoms with E-state index in [0.717, 1.165) is 0 Å². The highest BCUT2D eigenvalue weighted by Crippen LogP contribution is 2.24. The van der Waals surface area contributed by atoms with E-state index in [9.17, 15) is 9.90 Å². The van der Waals surface area contributed by atoms with Gasteiger partial charge in [-0.2, -0.15) is 0 Å². The summed E-state index contributed by atoms with van der Waals surface area (Å²) in [6, 6.07) is 7.49. The van der Waals surface area contributed by atoms with E-state index in [0.29, 0.717) is 17.5 Å². The maximum atomic E-state index is 12.7. The molecule has 0 heterocycles. The molecule has 0 fully saturated rings. The van der Waals surface area contributed by atoms with Crippen molar-refractivity contribution in [1.29, 1.82) is 0 Å². The smallest absolute Gasteiger partial charge is 0.254 e. The summed E-state index contributed by atoms with van der Waals surface area (Å²) >= 11 is 0. The number of carbonyl (C=O) groups is 1. The van der Waals surface area contributed by atoms with E-state index in [2.05, 4.69) is 6.58 Å². The third kappa shape index (κ3) is 3.70. The molecule has 3 nitrogen and oxygen atoms in total. The van der Waals surface area contributed by atoms with Gasteiger partial charge in [0, 0.05) is 17.6 Å². The number of carbonyl (C=O) groups excluding carboxylic acids is 1. The molecule has 1 rings (SSSR count). The van der Waals surface area contributed by atoms with Gasteiger partial charge in [-0.05, 0) is 45.7 Å². The highest BCUT2D eigenvalue weighted by atomic mass is 16.3. The van der Waals surface area contributed by atoms with Crippen molar-refractivity contribution in [1.82, 2.24) is 4.90 Å². The fourth-order valence-corrected chi connectivity index (χ4v) is 2.47. The molecule has 1 atom stereocenters. The van der Waals surface area contributed by atoms with E-state index >= 15 is 0 Å². The van der Waals surface area contributed by atoms with Crippen LogP contribution in [0.25, 0.3) is 0 Å². The SMILES string of the molecule is C=CCC(O)c1ccccc1C(=O)N(C(C)C)C(C)C. The van der Waals surface area contributed by atoms with Crippen LogP contribution in [-0.2, 0) is 0 Å². The van der Waals surface area contributed by atoms with Crippen LogP contribution in [0, 0.1) is 0 Å². The maximum absolute atomic E-state index is 12.7. The fourth-order valence-electron chi connectivity index (χ4n) is 2.47. The van der Waals surface area contributed by atoms with Crippen molar-refractivity contribution in [3.8, 4) is 0 Å². The van der Waals surface area contributed by atoms with E-state index in [1.54, 1.807) is 18.2 Å². The molecular weight excluding hydrogens is 250 g/mol. The van der Waals surface area contributed by atoms with Crippen LogP contribution in [-0.4, -0.2) is 28.0 Å². The third-order valence-corrected chi connectivity index (χ3v) is 3.29. The molecule has 20 heavy (non-hydrogen) atoms. The summed E-state index contributed by atoms with van der Waals surface area (Å²) in [5.74, 6) is -0.0336. The van der Waals surface area contributed by atoms with Crippen molar-refractivity contribution in [2.24, 2.45) is 0 Å². The number of amides is 1. The molecule has 3 heteroatoms. The Hall–Kier alpha value is -1.61. The Kier molecular flexibility index (Phi) is 5.96. The highest BCUT2D eigenvalue weighted by molar-refractivity contribution is 5.96. The molecule has 0 saturated carbocycles. The predicted molar refractivity (Wildman–Crippen MR) is 82.7 cm³/mol. The summed E-state index contributed by atoms with van der Waals surface area (Å²) in [4.78, 5) is 14.6. The van der Waals surface area contributed by atoms with Crippen molar-refractivity contribution < 1.29 is 9.90 Å². The Morgan fingerprint density at radius 2 is 1.80 bits per heavy atom. The topological polar surface area (TPSA) is 40.5 Å². The minimum Gasteiger partial charge on any atom is -0.388 e. The largest absolute Gasteiger partial charge is 0.388 e. The Bertz CT molecular complexity index is 458. The van der Waals surface area contributed by atoms with Crippen LogP contribution in [0.3, 0.4) is 0 Å². The third-order valence-electron chi connectivity index (χ3n) is 3.29. The van der Waals surface area contributed by atoms with Crippen molar-refractivity contribution in [2.75, 3.05) is 0 Å². The lowest BCUT2D eigenvalue weighted by molar-refractivity contribution is 0.0636. The first-order chi connectivity index (χ1) is 9.40. The van der Waals surface area contributed by atoms with Gasteiger partial charge in [-0.25, -0.2) is 0 Å². The zero-order valence-electron chi connectivity index (χ0n) is 12.8. The Morgan fingerprint density at radius 1 is 1.25 bits per heavy atom. The fraction of sp³-hybridized carbons (Fsp3) is 0.471. The monoisotopic (exact) mass is 275 g/mol. The lowest BCUT2D eigenvalue weighted by Gasteiger charge is -2.31. The number of rotatable bonds is 6. The van der Waals surface area contributed by atoms with Crippen LogP contribution in [0.15, 0.2) is 36.9 Å². The quantitative estimate of drug-likeness (QED) is 0.806. The zero-order chi connectivity index (χ0) is 15.3. The molecule has 0 aliphatic carbocycles. The van der Waals surface area contributed by atoms with E-state index in [-0.39, 0.29) is 18.0 Å². The summed E-state index contributed by atoms with van der Waals surface area (Å²) in [7, 11) is 0. The van der Waals surface area contributed by atoms with Gasteiger partial charge in [-0.15, -0.1) is 6.58 Å². The Balaban J connectivity index is 3.18. The molecule has 1 aromatic carbocycles. The first-order valence-corrected chi connectivity index (χ1v) is 7.10. The molecule has 0 aliphatic rings. The van der Waals surface area contributed by atoms with Crippen molar-refractivity contribution in [2.45, 2.75) is 52.3 Å². The van der Waals surface area contributed by atoms with Gasteiger partial charge in [0.25, 0.3) is 5.91 Å². The first-order valence-electron chi connectivity index (χ1n) is 7.10. The molecule has 1 unspecified atom stereocenters. The van der Waals surface area contributed by atoms with Crippen LogP contribution >= 0.6 is 0 Å². The Morgan fingerprint density at radius 3 is 2.30 bits per heavy atom. The van der Waals surface area contributed by atoms with Crippen molar-refractivity contribution in [3.05, 3.63) is 48.0 Å². The van der Waals surface area contributed by atoms with Crippen LogP contribution in [0.4, 0.5) is 0 Å². The molecule has 0 bridgehead atoms. The molecule has 1 aromatic rings. The molecule has 0 aliphatic heterocycles. The van der Waals surface area contributed by atoms with Crippen molar-refractivity contribution in [3.63, 3.8) is 0 Å². The number of benzene rings is 1. The summed E-state index contributed by atoms with van der Waals surface area (Å²) in [6.07, 6.45) is 1.41. The van der Waals surface area contributed by atoms with E-state index in [1.165, 1.54) is 0 Å². The average Bonchev–Trinajstić information content (AvgIpc) is 2.38. The second kappa shape index (κ2) is 7.25. The lowest BCUT2D eigenvalue weighted by Crippen LogP contribution is -2.42. The van der Waals surface area contributed by atoms with E-state index in [1.807, 2.05) is 44.7 Å². The average molecular weight is 275 g/mol. The molecule has 1 amide bonds. The van der Waals surface area contributed by atoms with Crippen molar-refractivity contribution >= 4 is 5.91 Å². The molecule has 0 saturated heterocycles. The number of aliphatic hydroxyl groups is 1. The molecule has 0 spiro atoms. The summed E-state index contributed by atoms with van der Waals surface area (Å²) < 4.78 is 0. The van der Waals surface area contributed by atoms with Crippen LogP contribution in [0.1, 0.15) is 56.1 Å². The number of aliphatic hydroxyl groups excluding tert-OH is 1. The van der Waals surface area contributed by atoms with Gasteiger partial charge in [0.05, 0.1) is 6.10 Å². The lowest BCUT2D eigenvalue weighted by atomic mass is 9.98. The van der Waals surface area contributed by atoms with E-state index in [4.69, 9.17) is 0 Å². The Labute approximate surface area is 121 Å². The second-order valence-electron chi connectivity index (χ2n) is 5.53. The minimum atomic E-state index is -0.686. The number of hydrogen-bond acceptors (Lipinski definition) is 2. The van der Waals surface area contributed by atoms with Gasteiger partial charge in [0.1, 0.15) is 0 Å². The van der Waals surface area contributed by atoms with Gasteiger partial charge in [-0.3, -0.25) is 4.79 Å². The second-order valence-corrected chi connectivity index (χ2v) is 5.53. The normalized spacial score (nSPS) is 12.6. The molecule has 0 radical (unpaired) electrons. The predicted octanol–water partition coefficient (Wildman–Crippen LogP) is 3.56. The highest BCUT2D eigenvalue weighted by Gasteiger charge is 2.25. The van der Waals surface area contributed by atoms with Crippen LogP contribution in [0.5, 0.6) is 0 Å². The van der Waals surface area contributed by atoms with Gasteiger partial charge in [0.15, 0.2) is 0 Å². The molecule has 1 N–H and O–H groups in total. The van der Waals surface area contributed by atoms with Gasteiger partial charge < -0.3 is 10.0 Å². The summed E-state index contributed by atoms with van der Waals surface area (Å²) in [5, 5.41) is 10.2. The van der Waals surface area contributed by atoms with Crippen LogP contribution < -0.4 is 0 Å².